The molecule has 0 unspecified atom stereocenters. The molecular formula is C15H20N4O2S. The Kier molecular flexibility index (Phi) is 3.96. The van der Waals surface area contributed by atoms with E-state index in [9.17, 15) is 5.11 Å². The zero-order valence-corrected chi connectivity index (χ0v) is 13.1. The predicted octanol–water partition coefficient (Wildman–Crippen LogP) is 1.14. The molecule has 0 spiro atoms. The Morgan fingerprint density at radius 3 is 3.14 bits per heavy atom. The third-order valence-corrected chi connectivity index (χ3v) is 5.18. The highest BCUT2D eigenvalue weighted by molar-refractivity contribution is 7.09. The average molecular weight is 320 g/mol. The third-order valence-electron chi connectivity index (χ3n) is 4.31. The number of nitrogens with zero attached hydrogens (tertiary/aromatic N) is 3. The Morgan fingerprint density at radius 2 is 2.36 bits per heavy atom. The van der Waals surface area contributed by atoms with Crippen LogP contribution in [0.3, 0.4) is 0 Å². The van der Waals surface area contributed by atoms with Crippen molar-refractivity contribution in [2.24, 2.45) is 0 Å². The van der Waals surface area contributed by atoms with Crippen molar-refractivity contribution < 1.29 is 9.84 Å². The molecule has 2 aliphatic rings. The van der Waals surface area contributed by atoms with E-state index in [1.54, 1.807) is 11.3 Å². The summed E-state index contributed by atoms with van der Waals surface area (Å²) >= 11 is 1.71. The number of aliphatic hydroxyl groups excluding tert-OH is 1. The summed E-state index contributed by atoms with van der Waals surface area (Å²) in [6.07, 6.45) is 3.91. The number of aliphatic hydroxyl groups is 1. The van der Waals surface area contributed by atoms with Crippen LogP contribution in [0.25, 0.3) is 0 Å². The molecule has 22 heavy (non-hydrogen) atoms. The van der Waals surface area contributed by atoms with E-state index in [2.05, 4.69) is 27.1 Å². The summed E-state index contributed by atoms with van der Waals surface area (Å²) in [5, 5.41) is 24.0. The average Bonchev–Trinajstić information content (AvgIpc) is 2.92. The van der Waals surface area contributed by atoms with E-state index in [0.29, 0.717) is 19.1 Å². The number of ether oxygens (including phenoxy) is 1. The van der Waals surface area contributed by atoms with Gasteiger partial charge in [-0.3, -0.25) is 0 Å². The van der Waals surface area contributed by atoms with E-state index in [0.717, 1.165) is 12.2 Å². The summed E-state index contributed by atoms with van der Waals surface area (Å²) in [4.78, 5) is 1.26. The fraction of sp³-hybridized carbons (Fsp3) is 0.600. The van der Waals surface area contributed by atoms with E-state index < -0.39 is 6.10 Å². The fourth-order valence-corrected chi connectivity index (χ4v) is 3.55. The summed E-state index contributed by atoms with van der Waals surface area (Å²) in [6, 6.07) is 4.06. The molecule has 7 heteroatoms. The van der Waals surface area contributed by atoms with Gasteiger partial charge < -0.3 is 15.2 Å². The van der Waals surface area contributed by atoms with Crippen LogP contribution in [0.4, 0.5) is 0 Å². The van der Waals surface area contributed by atoms with Crippen molar-refractivity contribution in [3.63, 3.8) is 0 Å². The molecule has 1 saturated carbocycles. The lowest BCUT2D eigenvalue weighted by Gasteiger charge is -2.21. The van der Waals surface area contributed by atoms with Crippen molar-refractivity contribution in [1.82, 2.24) is 20.3 Å². The number of aromatic nitrogens is 3. The SMILES string of the molecule is O[C@H]1CO[C@H](Cn2cc(C3CC3)nn2)[C@@H]1NCc1cccs1. The van der Waals surface area contributed by atoms with Gasteiger partial charge in [-0.15, -0.1) is 16.4 Å². The molecule has 3 heterocycles. The van der Waals surface area contributed by atoms with Crippen molar-refractivity contribution in [1.29, 1.82) is 0 Å². The topological polar surface area (TPSA) is 72.2 Å². The van der Waals surface area contributed by atoms with Crippen LogP contribution in [-0.4, -0.2) is 45.0 Å². The van der Waals surface area contributed by atoms with Crippen LogP contribution in [0.5, 0.6) is 0 Å². The van der Waals surface area contributed by atoms with E-state index in [4.69, 9.17) is 4.74 Å². The van der Waals surface area contributed by atoms with Crippen LogP contribution in [0, 0.1) is 0 Å². The van der Waals surface area contributed by atoms with Crippen molar-refractivity contribution in [3.8, 4) is 0 Å². The minimum absolute atomic E-state index is 0.0734. The summed E-state index contributed by atoms with van der Waals surface area (Å²) in [5.41, 5.74) is 1.08. The maximum absolute atomic E-state index is 10.1. The molecule has 118 valence electrons. The second kappa shape index (κ2) is 6.08. The monoisotopic (exact) mass is 320 g/mol. The second-order valence-corrected chi connectivity index (χ2v) is 7.10. The highest BCUT2D eigenvalue weighted by Gasteiger charge is 2.36. The van der Waals surface area contributed by atoms with Crippen molar-refractivity contribution >= 4 is 11.3 Å². The van der Waals surface area contributed by atoms with Crippen molar-refractivity contribution in [2.75, 3.05) is 6.61 Å². The Hall–Kier alpha value is -1.28. The lowest BCUT2D eigenvalue weighted by atomic mass is 10.1. The smallest absolute Gasteiger partial charge is 0.0952 e. The maximum atomic E-state index is 10.1. The normalized spacial score (nSPS) is 28.3. The second-order valence-electron chi connectivity index (χ2n) is 6.06. The van der Waals surface area contributed by atoms with Crippen LogP contribution in [0.1, 0.15) is 29.3 Å². The highest BCUT2D eigenvalue weighted by atomic mass is 32.1. The first kappa shape index (κ1) is 14.3. The Morgan fingerprint density at radius 1 is 1.45 bits per heavy atom. The largest absolute Gasteiger partial charge is 0.389 e. The number of hydrogen-bond acceptors (Lipinski definition) is 6. The van der Waals surface area contributed by atoms with Crippen LogP contribution >= 0.6 is 11.3 Å². The van der Waals surface area contributed by atoms with Gasteiger partial charge in [-0.2, -0.15) is 0 Å². The van der Waals surface area contributed by atoms with E-state index >= 15 is 0 Å². The molecule has 2 aromatic rings. The molecular weight excluding hydrogens is 300 g/mol. The number of hydrogen-bond donors (Lipinski definition) is 2. The van der Waals surface area contributed by atoms with Gasteiger partial charge in [0.05, 0.1) is 37.1 Å². The zero-order valence-electron chi connectivity index (χ0n) is 12.3. The Bertz CT molecular complexity index is 611. The van der Waals surface area contributed by atoms with Gasteiger partial charge in [0.2, 0.25) is 0 Å². The zero-order chi connectivity index (χ0) is 14.9. The highest BCUT2D eigenvalue weighted by Crippen LogP contribution is 2.38. The summed E-state index contributed by atoms with van der Waals surface area (Å²) in [7, 11) is 0. The molecule has 0 aromatic carbocycles. The van der Waals surface area contributed by atoms with Gasteiger partial charge in [-0.25, -0.2) is 4.68 Å². The molecule has 0 radical (unpaired) electrons. The Balaban J connectivity index is 1.38. The van der Waals surface area contributed by atoms with Gasteiger partial charge in [0.15, 0.2) is 0 Å². The van der Waals surface area contributed by atoms with Gasteiger partial charge in [-0.1, -0.05) is 11.3 Å². The molecule has 4 rings (SSSR count). The van der Waals surface area contributed by atoms with Gasteiger partial charge in [0.1, 0.15) is 0 Å². The van der Waals surface area contributed by atoms with Crippen molar-refractivity contribution in [3.05, 3.63) is 34.3 Å². The van der Waals surface area contributed by atoms with Gasteiger partial charge in [0, 0.05) is 23.5 Å². The third kappa shape index (κ3) is 3.08. The van der Waals surface area contributed by atoms with Gasteiger partial charge in [0.25, 0.3) is 0 Å². The molecule has 2 fully saturated rings. The molecule has 2 N–H and O–H groups in total. The van der Waals surface area contributed by atoms with E-state index in [1.807, 2.05) is 16.9 Å². The van der Waals surface area contributed by atoms with Crippen LogP contribution in [0.2, 0.25) is 0 Å². The molecule has 3 atom stereocenters. The minimum Gasteiger partial charge on any atom is -0.389 e. The van der Waals surface area contributed by atoms with Crippen molar-refractivity contribution in [2.45, 2.75) is 50.1 Å². The standard InChI is InChI=1S/C15H20N4O2S/c20-13-9-21-14(15(13)16-6-11-2-1-5-22-11)8-19-7-12(17-18-19)10-3-4-10/h1-2,5,7,10,13-16,20H,3-4,6,8-9H2/t13-,14+,15+/m0/s1. The number of nitrogens with one attached hydrogen (secondary N) is 1. The Labute approximate surface area is 133 Å². The number of rotatable bonds is 6. The molecule has 6 nitrogen and oxygen atoms in total. The fourth-order valence-electron chi connectivity index (χ4n) is 2.90. The van der Waals surface area contributed by atoms with Gasteiger partial charge in [-0.05, 0) is 24.3 Å². The molecule has 0 bridgehead atoms. The van der Waals surface area contributed by atoms with Crippen LogP contribution in [-0.2, 0) is 17.8 Å². The van der Waals surface area contributed by atoms with Gasteiger partial charge >= 0.3 is 0 Å². The summed E-state index contributed by atoms with van der Waals surface area (Å²) in [6.45, 7) is 1.75. The van der Waals surface area contributed by atoms with E-state index in [-0.39, 0.29) is 12.1 Å². The van der Waals surface area contributed by atoms with Crippen LogP contribution < -0.4 is 5.32 Å². The molecule has 2 aromatic heterocycles. The first-order chi connectivity index (χ1) is 10.8. The summed E-state index contributed by atoms with van der Waals surface area (Å²) < 4.78 is 7.58. The number of thiophene rings is 1. The predicted molar refractivity (Wildman–Crippen MR) is 82.7 cm³/mol. The quantitative estimate of drug-likeness (QED) is 0.835. The van der Waals surface area contributed by atoms with E-state index in [1.165, 1.54) is 17.7 Å². The molecule has 1 saturated heterocycles. The van der Waals surface area contributed by atoms with Crippen LogP contribution in [0.15, 0.2) is 23.7 Å². The first-order valence-corrected chi connectivity index (χ1v) is 8.63. The lowest BCUT2D eigenvalue weighted by Crippen LogP contribution is -2.44. The molecule has 1 aliphatic heterocycles. The maximum Gasteiger partial charge on any atom is 0.0952 e. The summed E-state index contributed by atoms with van der Waals surface area (Å²) in [5.74, 6) is 0.608. The molecule has 1 aliphatic carbocycles. The minimum atomic E-state index is -0.476. The lowest BCUT2D eigenvalue weighted by molar-refractivity contribution is 0.0741. The molecule has 0 amide bonds. The first-order valence-electron chi connectivity index (χ1n) is 7.75.